The Kier molecular flexibility index (Phi) is 12.2. The third-order valence-corrected chi connectivity index (χ3v) is 11.7. The van der Waals surface area contributed by atoms with Crippen LogP contribution in [-0.2, 0) is 45.2 Å². The number of hydrogen-bond donors (Lipinski definition) is 3. The van der Waals surface area contributed by atoms with E-state index in [1.807, 2.05) is 6.92 Å². The molecule has 3 aliphatic heterocycles. The molecule has 2 aromatic carbocycles. The molecule has 0 spiro atoms. The number of halogens is 1. The van der Waals surface area contributed by atoms with Gasteiger partial charge in [-0.3, -0.25) is 29.8 Å². The summed E-state index contributed by atoms with van der Waals surface area (Å²) in [4.78, 5) is 76.0. The maximum atomic E-state index is 13.7. The highest BCUT2D eigenvalue weighted by Gasteiger charge is 2.66. The van der Waals surface area contributed by atoms with Crippen LogP contribution in [0, 0.1) is 31.6 Å². The molecule has 6 atom stereocenters. The Morgan fingerprint density at radius 1 is 1.07 bits per heavy atom. The van der Waals surface area contributed by atoms with E-state index in [9.17, 15) is 49.6 Å². The van der Waals surface area contributed by atoms with Crippen LogP contribution in [0.15, 0.2) is 77.9 Å². The summed E-state index contributed by atoms with van der Waals surface area (Å²) in [5.74, 6) is -3.27. The number of carbonyl (C=O) groups is 4. The summed E-state index contributed by atoms with van der Waals surface area (Å²) < 4.78 is 9.03. The van der Waals surface area contributed by atoms with Crippen molar-refractivity contribution in [3.63, 3.8) is 0 Å². The van der Waals surface area contributed by atoms with Gasteiger partial charge in [0.25, 0.3) is 17.3 Å². The van der Waals surface area contributed by atoms with E-state index >= 15 is 0 Å². The number of hydrogen-bond acceptors (Lipinski definition) is 11. The molecule has 20 heteroatoms. The van der Waals surface area contributed by atoms with Crippen molar-refractivity contribution < 1.29 is 72.5 Å². The van der Waals surface area contributed by atoms with Crippen molar-refractivity contribution in [2.45, 2.75) is 69.8 Å². The Hall–Kier alpha value is -5.09. The predicted molar refractivity (Wildman–Crippen MR) is 189 cm³/mol. The first kappa shape index (κ1) is 41.1. The number of aliphatic hydroxyl groups excluding tert-OH is 1. The number of carboxylic acids is 1. The summed E-state index contributed by atoms with van der Waals surface area (Å²) in [7, 11) is 0. The summed E-state index contributed by atoms with van der Waals surface area (Å²) in [5, 5.41) is 43.2. The number of ether oxygens (including phenoxy) is 1. The van der Waals surface area contributed by atoms with Crippen molar-refractivity contribution in [1.29, 1.82) is 0 Å². The van der Waals surface area contributed by atoms with Gasteiger partial charge in [0, 0.05) is 46.4 Å². The molecule has 2 saturated heterocycles. The quantitative estimate of drug-likeness (QED) is 0.0602. The Morgan fingerprint density at radius 3 is 2.22 bits per heavy atom. The van der Waals surface area contributed by atoms with Crippen molar-refractivity contribution in [3.8, 4) is 0 Å². The zero-order chi connectivity index (χ0) is 39.1. The first-order valence-electron chi connectivity index (χ1n) is 17.0. The Balaban J connectivity index is 0.00000580. The number of amides is 3. The molecule has 0 saturated carbocycles. The predicted octanol–water partition coefficient (Wildman–Crippen LogP) is -0.639. The lowest BCUT2D eigenvalue weighted by Crippen LogP contribution is -3.00. The lowest BCUT2D eigenvalue weighted by molar-refractivity contribution is -0.700. The van der Waals surface area contributed by atoms with E-state index in [0.717, 1.165) is 0 Å². The number of nitro groups is 2. The number of fused-ring (bicyclic) bond motifs is 1. The van der Waals surface area contributed by atoms with Gasteiger partial charge in [0.1, 0.15) is 31.2 Å². The average Bonchev–Trinajstić information content (AvgIpc) is 3.77. The van der Waals surface area contributed by atoms with Gasteiger partial charge in [-0.25, -0.2) is 18.7 Å². The maximum Gasteiger partial charge on any atom is 0.410 e. The highest BCUT2D eigenvalue weighted by atomic mass is 127. The van der Waals surface area contributed by atoms with Crippen molar-refractivity contribution in [3.05, 3.63) is 109 Å². The van der Waals surface area contributed by atoms with Gasteiger partial charge in [-0.2, -0.15) is 0 Å². The molecule has 6 rings (SSSR count). The molecule has 3 aromatic rings. The number of carbonyl (C=O) groups excluding carboxylic acids is 3. The molecule has 0 bridgehead atoms. The first-order chi connectivity index (χ1) is 25.6. The van der Waals surface area contributed by atoms with Crippen LogP contribution in [0.1, 0.15) is 31.4 Å². The normalized spacial score (nSPS) is 23.4. The van der Waals surface area contributed by atoms with Gasteiger partial charge < -0.3 is 54.5 Å². The number of rotatable bonds is 14. The molecular formula is C35H38IN7O11S. The van der Waals surface area contributed by atoms with E-state index in [1.165, 1.54) is 64.9 Å². The molecule has 3 amide bonds. The van der Waals surface area contributed by atoms with Crippen molar-refractivity contribution in [2.24, 2.45) is 17.1 Å². The molecule has 3 aliphatic rings. The molecule has 4 N–H and O–H groups in total. The van der Waals surface area contributed by atoms with Crippen LogP contribution >= 0.6 is 11.8 Å². The van der Waals surface area contributed by atoms with E-state index < -0.39 is 68.5 Å². The number of benzene rings is 2. The minimum Gasteiger partial charge on any atom is -1.00 e. The molecular weight excluding hydrogens is 853 g/mol. The number of aliphatic hydroxyl groups is 1. The van der Waals surface area contributed by atoms with Gasteiger partial charge in [0.15, 0.2) is 6.54 Å². The molecule has 0 radical (unpaired) electrons. The zero-order valence-electron chi connectivity index (χ0n) is 29.6. The highest BCUT2D eigenvalue weighted by molar-refractivity contribution is 8.03. The smallest absolute Gasteiger partial charge is 0.410 e. The van der Waals surface area contributed by atoms with Gasteiger partial charge in [-0.15, -0.1) is 11.8 Å². The van der Waals surface area contributed by atoms with E-state index in [2.05, 4.69) is 0 Å². The van der Waals surface area contributed by atoms with Gasteiger partial charge in [-0.05, 0) is 43.0 Å². The minimum absolute atomic E-state index is 0. The van der Waals surface area contributed by atoms with Crippen LogP contribution in [0.3, 0.4) is 0 Å². The molecule has 292 valence electrons. The van der Waals surface area contributed by atoms with Crippen molar-refractivity contribution in [1.82, 2.24) is 14.4 Å². The summed E-state index contributed by atoms with van der Waals surface area (Å²) in [6.45, 7) is 3.48. The van der Waals surface area contributed by atoms with E-state index in [-0.39, 0.29) is 73.7 Å². The molecule has 1 aromatic heterocycles. The fraction of sp³-hybridized carbons (Fsp3) is 0.400. The highest BCUT2D eigenvalue weighted by Crippen LogP contribution is 2.60. The van der Waals surface area contributed by atoms with Gasteiger partial charge in [0.2, 0.25) is 12.2 Å². The molecule has 55 heavy (non-hydrogen) atoms. The van der Waals surface area contributed by atoms with E-state index in [4.69, 9.17) is 10.5 Å². The summed E-state index contributed by atoms with van der Waals surface area (Å²) in [6.07, 6.45) is 3.87. The second-order valence-corrected chi connectivity index (χ2v) is 15.2. The summed E-state index contributed by atoms with van der Waals surface area (Å²) >= 11 is 1.24. The Labute approximate surface area is 335 Å². The SMILES string of the molecule is C[C@@H](O)[C@H]1C(=O)N2C(C(=O)O)=C(S[C@H]3C[C@@H](C[n+]4ccn(CC(N)=O)c4)N(C(=O)OCc4ccc([N+](=O)[O-])cc4)C3)[C@](C)(Cc3ccc([N+](=O)[O-])cc3)[C@H]12.[I-]. The number of aromatic nitrogens is 2. The standard InChI is InChI=1S/C35H37N7O11S.HI/c1-20(43)28-30-35(2,14-21-3-7-23(8-4-21)41(49)50)31(29(33(46)47)40(30)32(28)45)54-26-13-25(15-37-11-12-38(19-37)17-27(36)44)39(16-26)34(48)53-18-22-5-9-24(10-6-22)42(51)52;/h3-12,19-20,25-26,28,30,43H,13-18H2,1-2H3,(H2-,36,44,46,47);1H/t20-,25+,26+,28-,30+,35-;/m1./s1. The largest absolute Gasteiger partial charge is 1.00 e. The topological polar surface area (TPSA) is 246 Å². The third kappa shape index (κ3) is 8.29. The number of imidazole rings is 1. The number of aliphatic carboxylic acids is 1. The monoisotopic (exact) mass is 891 g/mol. The number of nitrogens with zero attached hydrogens (tertiary/aromatic N) is 6. The van der Waals surface area contributed by atoms with Crippen LogP contribution in [-0.4, -0.2) is 88.3 Å². The number of non-ortho nitro benzene ring substituents is 2. The number of nitro benzene ring substituents is 2. The summed E-state index contributed by atoms with van der Waals surface area (Å²) in [6, 6.07) is 10.3. The molecule has 2 fully saturated rings. The number of nitrogens with two attached hydrogens (primary N) is 1. The van der Waals surface area contributed by atoms with E-state index in [0.29, 0.717) is 22.5 Å². The van der Waals surface area contributed by atoms with Crippen LogP contribution < -0.4 is 34.3 Å². The second kappa shape index (κ2) is 16.3. The zero-order valence-corrected chi connectivity index (χ0v) is 32.6. The fourth-order valence-corrected chi connectivity index (χ4v) is 9.34. The lowest BCUT2D eigenvalue weighted by atomic mass is 9.67. The van der Waals surface area contributed by atoms with Crippen molar-refractivity contribution >= 4 is 47.0 Å². The van der Waals surface area contributed by atoms with Crippen LogP contribution in [0.4, 0.5) is 16.2 Å². The van der Waals surface area contributed by atoms with Gasteiger partial charge >= 0.3 is 12.1 Å². The first-order valence-corrected chi connectivity index (χ1v) is 17.8. The molecule has 0 aliphatic carbocycles. The van der Waals surface area contributed by atoms with Crippen LogP contribution in [0.2, 0.25) is 0 Å². The summed E-state index contributed by atoms with van der Waals surface area (Å²) in [5.41, 5.74) is 5.07. The second-order valence-electron chi connectivity index (χ2n) is 13.9. The number of likely N-dealkylation sites (tertiary alicyclic amines) is 1. The van der Waals surface area contributed by atoms with Gasteiger partial charge in [0.05, 0.1) is 34.0 Å². The van der Waals surface area contributed by atoms with Gasteiger partial charge in [-0.1, -0.05) is 19.1 Å². The number of β-lactam (4-membered cyclic amide) rings is 1. The molecule has 0 unspecified atom stereocenters. The minimum atomic E-state index is -1.33. The van der Waals surface area contributed by atoms with Crippen LogP contribution in [0.25, 0.3) is 0 Å². The molecule has 4 heterocycles. The van der Waals surface area contributed by atoms with E-state index in [1.54, 1.807) is 40.0 Å². The Bertz CT molecular complexity index is 2040. The van der Waals surface area contributed by atoms with Crippen LogP contribution in [0.5, 0.6) is 0 Å². The number of carboxylic acid groups (broad SMARTS) is 1. The Morgan fingerprint density at radius 2 is 1.67 bits per heavy atom. The van der Waals surface area contributed by atoms with Crippen molar-refractivity contribution in [2.75, 3.05) is 6.54 Å². The molecule has 18 nitrogen and oxygen atoms in total. The lowest BCUT2D eigenvalue weighted by Gasteiger charge is -2.51. The average molecular weight is 892 g/mol. The number of thioether (sulfide) groups is 1. The third-order valence-electron chi connectivity index (χ3n) is 10.1. The maximum absolute atomic E-state index is 13.7. The number of primary amides is 1. The fourth-order valence-electron chi connectivity index (χ4n) is 7.69.